The Hall–Kier alpha value is -2.69. The normalized spacial score (nSPS) is 14.0. The van der Waals surface area contributed by atoms with E-state index in [-0.39, 0.29) is 0 Å². The summed E-state index contributed by atoms with van der Waals surface area (Å²) >= 11 is 0. The first kappa shape index (κ1) is 14.9. The molecule has 0 unspecified atom stereocenters. The van der Waals surface area contributed by atoms with E-state index in [0.29, 0.717) is 6.61 Å². The van der Waals surface area contributed by atoms with Crippen LogP contribution in [0.3, 0.4) is 0 Å². The molecule has 2 heterocycles. The number of aliphatic imine (C=N–C) groups is 1. The summed E-state index contributed by atoms with van der Waals surface area (Å²) in [6.45, 7) is 2.31. The number of methoxy groups -OCH3 is 2. The van der Waals surface area contributed by atoms with Crippen LogP contribution in [-0.4, -0.2) is 37.8 Å². The molecule has 0 amide bonds. The number of fused-ring (bicyclic) bond motifs is 3. The summed E-state index contributed by atoms with van der Waals surface area (Å²) in [5.74, 6) is 2.56. The van der Waals surface area contributed by atoms with Crippen LogP contribution in [0.15, 0.2) is 41.4 Å². The second kappa shape index (κ2) is 6.07. The van der Waals surface area contributed by atoms with Gasteiger partial charge in [0.05, 0.1) is 20.8 Å². The highest BCUT2D eigenvalue weighted by molar-refractivity contribution is 6.09. The maximum atomic E-state index is 5.55. The second-order valence-electron chi connectivity index (χ2n) is 5.79. The minimum atomic E-state index is 0.705. The molecule has 0 aliphatic carbocycles. The van der Waals surface area contributed by atoms with Gasteiger partial charge in [0.2, 0.25) is 0 Å². The van der Waals surface area contributed by atoms with E-state index < -0.39 is 0 Å². The van der Waals surface area contributed by atoms with Gasteiger partial charge in [0.1, 0.15) is 18.1 Å². The molecule has 1 aliphatic heterocycles. The number of aromatic nitrogens is 1. The number of rotatable bonds is 5. The molecule has 3 aromatic rings. The van der Waals surface area contributed by atoms with Crippen molar-refractivity contribution in [2.45, 2.75) is 13.0 Å². The molecule has 2 aromatic carbocycles. The Bertz CT molecular complexity index is 866. The van der Waals surface area contributed by atoms with Gasteiger partial charge in [-0.3, -0.25) is 4.99 Å². The molecule has 124 valence electrons. The molecule has 0 saturated carbocycles. The third kappa shape index (κ3) is 2.46. The van der Waals surface area contributed by atoms with Crippen molar-refractivity contribution >= 4 is 27.7 Å². The van der Waals surface area contributed by atoms with Crippen LogP contribution in [0.1, 0.15) is 6.42 Å². The molecule has 0 bridgehead atoms. The van der Waals surface area contributed by atoms with Crippen LogP contribution in [-0.2, 0) is 11.3 Å². The fourth-order valence-electron chi connectivity index (χ4n) is 3.30. The van der Waals surface area contributed by atoms with E-state index in [1.165, 1.54) is 11.0 Å². The standard InChI is InChI=1S/C19H20N2O3/c1-22-13-3-5-17-15(11-13)16-12-14(23-2)4-6-18(16)21(17)9-7-19-20-8-10-24-19/h3-6,11-12H,7-10H2,1-2H3. The number of ether oxygens (including phenoxy) is 3. The molecule has 0 N–H and O–H groups in total. The lowest BCUT2D eigenvalue weighted by molar-refractivity contribution is 0.336. The van der Waals surface area contributed by atoms with Crippen molar-refractivity contribution in [1.82, 2.24) is 4.57 Å². The van der Waals surface area contributed by atoms with Crippen molar-refractivity contribution in [2.24, 2.45) is 4.99 Å². The van der Waals surface area contributed by atoms with Crippen LogP contribution in [0.5, 0.6) is 11.5 Å². The molecule has 5 nitrogen and oxygen atoms in total. The van der Waals surface area contributed by atoms with Crippen LogP contribution >= 0.6 is 0 Å². The van der Waals surface area contributed by atoms with Crippen LogP contribution in [0, 0.1) is 0 Å². The highest BCUT2D eigenvalue weighted by Gasteiger charge is 2.14. The first-order valence-corrected chi connectivity index (χ1v) is 8.10. The van der Waals surface area contributed by atoms with Crippen LogP contribution in [0.2, 0.25) is 0 Å². The minimum absolute atomic E-state index is 0.705. The fourth-order valence-corrected chi connectivity index (χ4v) is 3.30. The number of hydrogen-bond donors (Lipinski definition) is 0. The predicted octanol–water partition coefficient (Wildman–Crippen LogP) is 3.63. The molecule has 5 heteroatoms. The van der Waals surface area contributed by atoms with Crippen molar-refractivity contribution in [3.63, 3.8) is 0 Å². The highest BCUT2D eigenvalue weighted by atomic mass is 16.5. The van der Waals surface area contributed by atoms with E-state index in [1.54, 1.807) is 14.2 Å². The number of nitrogens with zero attached hydrogens (tertiary/aromatic N) is 2. The van der Waals surface area contributed by atoms with E-state index >= 15 is 0 Å². The summed E-state index contributed by atoms with van der Waals surface area (Å²) in [4.78, 5) is 4.39. The molecular weight excluding hydrogens is 304 g/mol. The smallest absolute Gasteiger partial charge is 0.185 e. The summed E-state index contributed by atoms with van der Waals surface area (Å²) in [5, 5.41) is 2.33. The maximum Gasteiger partial charge on any atom is 0.185 e. The Morgan fingerprint density at radius 1 is 1.00 bits per heavy atom. The first-order chi connectivity index (χ1) is 11.8. The molecule has 0 fully saturated rings. The molecule has 1 aromatic heterocycles. The van der Waals surface area contributed by atoms with Gasteiger partial charge in [0.25, 0.3) is 0 Å². The fraction of sp³-hybridized carbons (Fsp3) is 0.316. The van der Waals surface area contributed by atoms with Gasteiger partial charge in [-0.25, -0.2) is 0 Å². The maximum absolute atomic E-state index is 5.55. The second-order valence-corrected chi connectivity index (χ2v) is 5.79. The molecule has 24 heavy (non-hydrogen) atoms. The van der Waals surface area contributed by atoms with Gasteiger partial charge in [-0.05, 0) is 36.4 Å². The Kier molecular flexibility index (Phi) is 3.76. The SMILES string of the molecule is COc1ccc2c(c1)c1cc(OC)ccc1n2CCC1=NCCO1. The van der Waals surface area contributed by atoms with Crippen molar-refractivity contribution in [1.29, 1.82) is 0 Å². The monoisotopic (exact) mass is 324 g/mol. The third-order valence-electron chi connectivity index (χ3n) is 4.48. The van der Waals surface area contributed by atoms with E-state index in [4.69, 9.17) is 14.2 Å². The van der Waals surface area contributed by atoms with E-state index in [0.717, 1.165) is 47.7 Å². The average Bonchev–Trinajstić information content (AvgIpc) is 3.25. The van der Waals surface area contributed by atoms with Gasteiger partial charge in [-0.15, -0.1) is 0 Å². The quantitative estimate of drug-likeness (QED) is 0.720. The van der Waals surface area contributed by atoms with E-state index in [9.17, 15) is 0 Å². The summed E-state index contributed by atoms with van der Waals surface area (Å²) in [7, 11) is 3.38. The van der Waals surface area contributed by atoms with Crippen molar-refractivity contribution in [2.75, 3.05) is 27.4 Å². The lowest BCUT2D eigenvalue weighted by atomic mass is 10.1. The highest BCUT2D eigenvalue weighted by Crippen LogP contribution is 2.34. The van der Waals surface area contributed by atoms with Gasteiger partial charge in [0.15, 0.2) is 5.90 Å². The number of aryl methyl sites for hydroxylation is 1. The van der Waals surface area contributed by atoms with Gasteiger partial charge in [0, 0.05) is 34.8 Å². The Morgan fingerprint density at radius 3 is 2.12 bits per heavy atom. The molecule has 0 spiro atoms. The zero-order chi connectivity index (χ0) is 16.5. The van der Waals surface area contributed by atoms with Gasteiger partial charge in [-0.2, -0.15) is 0 Å². The van der Waals surface area contributed by atoms with Gasteiger partial charge < -0.3 is 18.8 Å². The predicted molar refractivity (Wildman–Crippen MR) is 95.4 cm³/mol. The lowest BCUT2D eigenvalue weighted by Gasteiger charge is -2.08. The van der Waals surface area contributed by atoms with Crippen molar-refractivity contribution in [3.8, 4) is 11.5 Å². The average molecular weight is 324 g/mol. The molecule has 4 rings (SSSR count). The summed E-state index contributed by atoms with van der Waals surface area (Å²) in [6.07, 6.45) is 0.803. The largest absolute Gasteiger partial charge is 0.497 e. The third-order valence-corrected chi connectivity index (χ3v) is 4.48. The van der Waals surface area contributed by atoms with Crippen molar-refractivity contribution in [3.05, 3.63) is 36.4 Å². The van der Waals surface area contributed by atoms with Crippen LogP contribution < -0.4 is 9.47 Å². The van der Waals surface area contributed by atoms with Gasteiger partial charge >= 0.3 is 0 Å². The first-order valence-electron chi connectivity index (χ1n) is 8.10. The lowest BCUT2D eigenvalue weighted by Crippen LogP contribution is -2.06. The zero-order valence-corrected chi connectivity index (χ0v) is 13.9. The van der Waals surface area contributed by atoms with Gasteiger partial charge in [-0.1, -0.05) is 0 Å². The molecule has 1 aliphatic rings. The van der Waals surface area contributed by atoms with Crippen LogP contribution in [0.25, 0.3) is 21.8 Å². The Labute approximate surface area is 140 Å². The molecule has 0 atom stereocenters. The Balaban J connectivity index is 1.85. The summed E-state index contributed by atoms with van der Waals surface area (Å²) < 4.78 is 18.7. The topological polar surface area (TPSA) is 45.0 Å². The number of hydrogen-bond acceptors (Lipinski definition) is 4. The summed E-state index contributed by atoms with van der Waals surface area (Å²) in [6, 6.07) is 12.4. The van der Waals surface area contributed by atoms with E-state index in [2.05, 4.69) is 33.8 Å². The zero-order valence-electron chi connectivity index (χ0n) is 13.9. The molecule has 0 radical (unpaired) electrons. The number of benzene rings is 2. The molecule has 0 saturated heterocycles. The minimum Gasteiger partial charge on any atom is -0.497 e. The summed E-state index contributed by atoms with van der Waals surface area (Å²) in [5.41, 5.74) is 2.36. The van der Waals surface area contributed by atoms with E-state index in [1.807, 2.05) is 12.1 Å². The Morgan fingerprint density at radius 2 is 1.62 bits per heavy atom. The van der Waals surface area contributed by atoms with Crippen LogP contribution in [0.4, 0.5) is 0 Å². The van der Waals surface area contributed by atoms with Crippen molar-refractivity contribution < 1.29 is 14.2 Å². The molecular formula is C19H20N2O3.